The second-order valence-electron chi connectivity index (χ2n) is 3.96. The first-order valence-corrected chi connectivity index (χ1v) is 5.59. The van der Waals surface area contributed by atoms with Gasteiger partial charge in [-0.3, -0.25) is 4.39 Å². The lowest BCUT2D eigenvalue weighted by atomic mass is 10.0. The van der Waals surface area contributed by atoms with E-state index in [-0.39, 0.29) is 12.0 Å². The fourth-order valence-corrected chi connectivity index (χ4v) is 1.46. The molecule has 2 N–H and O–H groups in total. The van der Waals surface area contributed by atoms with Gasteiger partial charge in [0.15, 0.2) is 0 Å². The van der Waals surface area contributed by atoms with Gasteiger partial charge in [0, 0.05) is 12.3 Å². The summed E-state index contributed by atoms with van der Waals surface area (Å²) in [5.41, 5.74) is 6.88. The Morgan fingerprint density at radius 2 is 1.94 bits per heavy atom. The van der Waals surface area contributed by atoms with Gasteiger partial charge < -0.3 is 5.73 Å². The van der Waals surface area contributed by atoms with Crippen LogP contribution in [0.15, 0.2) is 30.3 Å². The third-order valence-electron chi connectivity index (χ3n) is 2.32. The molecule has 0 aromatic heterocycles. The molecule has 0 saturated carbocycles. The first-order chi connectivity index (χ1) is 7.72. The summed E-state index contributed by atoms with van der Waals surface area (Å²) < 4.78 is 12.0. The summed E-state index contributed by atoms with van der Waals surface area (Å²) in [6.45, 7) is 1.66. The Hall–Kier alpha value is -1.33. The van der Waals surface area contributed by atoms with Gasteiger partial charge in [0.2, 0.25) is 0 Å². The third kappa shape index (κ3) is 4.95. The maximum Gasteiger partial charge on any atom is 0.0918 e. The van der Waals surface area contributed by atoms with Crippen LogP contribution in [-0.2, 0) is 6.42 Å². The third-order valence-corrected chi connectivity index (χ3v) is 2.32. The monoisotopic (exact) mass is 219 g/mol. The average molecular weight is 219 g/mol. The molecule has 0 aliphatic carbocycles. The molecule has 1 unspecified atom stereocenters. The second-order valence-corrected chi connectivity index (χ2v) is 3.96. The van der Waals surface area contributed by atoms with Gasteiger partial charge in [-0.2, -0.15) is 0 Å². The number of hydrogen-bond acceptors (Lipinski definition) is 1. The van der Waals surface area contributed by atoms with E-state index in [9.17, 15) is 4.39 Å². The van der Waals surface area contributed by atoms with Crippen LogP contribution in [0.4, 0.5) is 4.39 Å². The van der Waals surface area contributed by atoms with Gasteiger partial charge in [-0.25, -0.2) is 0 Å². The van der Waals surface area contributed by atoms with E-state index in [1.54, 1.807) is 0 Å². The Morgan fingerprint density at radius 1 is 1.25 bits per heavy atom. The molecule has 1 nitrogen and oxygen atoms in total. The molecule has 0 heterocycles. The summed E-state index contributed by atoms with van der Waals surface area (Å²) in [5.74, 6) is 6.22. The molecule has 0 aliphatic heterocycles. The van der Waals surface area contributed by atoms with Crippen LogP contribution in [0.25, 0.3) is 0 Å². The molecule has 0 saturated heterocycles. The second kappa shape index (κ2) is 7.03. The molecular formula is C14H18FN. The van der Waals surface area contributed by atoms with Crippen molar-refractivity contribution in [2.75, 3.05) is 6.67 Å². The lowest BCUT2D eigenvalue weighted by Gasteiger charge is -2.04. The van der Waals surface area contributed by atoms with Crippen molar-refractivity contribution >= 4 is 0 Å². The van der Waals surface area contributed by atoms with E-state index in [0.29, 0.717) is 6.42 Å². The van der Waals surface area contributed by atoms with Crippen molar-refractivity contribution in [1.29, 1.82) is 0 Å². The van der Waals surface area contributed by atoms with Crippen LogP contribution in [0.3, 0.4) is 0 Å². The predicted octanol–water partition coefficient (Wildman–Crippen LogP) is 2.56. The topological polar surface area (TPSA) is 26.0 Å². The standard InChI is InChI=1S/C14H18FN/c1-12(7-8-14(16)9-10-15)11-13-5-3-2-4-6-13/h2-6,12,14H,9-11,16H2,1H3/t12-,14?/m0/s1. The summed E-state index contributed by atoms with van der Waals surface area (Å²) in [6.07, 6.45) is 1.24. The minimum atomic E-state index is -0.400. The Labute approximate surface area is 96.9 Å². The average Bonchev–Trinajstić information content (AvgIpc) is 2.28. The zero-order valence-electron chi connectivity index (χ0n) is 9.62. The Bertz CT molecular complexity index is 350. The highest BCUT2D eigenvalue weighted by Crippen LogP contribution is 2.06. The molecule has 16 heavy (non-hydrogen) atoms. The molecule has 2 atom stereocenters. The number of halogens is 1. The van der Waals surface area contributed by atoms with Gasteiger partial charge in [0.25, 0.3) is 0 Å². The van der Waals surface area contributed by atoms with Crippen molar-refractivity contribution in [3.05, 3.63) is 35.9 Å². The van der Waals surface area contributed by atoms with Crippen LogP contribution < -0.4 is 5.73 Å². The zero-order valence-corrected chi connectivity index (χ0v) is 9.62. The summed E-state index contributed by atoms with van der Waals surface area (Å²) in [6, 6.07) is 9.87. The quantitative estimate of drug-likeness (QED) is 0.774. The molecule has 1 rings (SSSR count). The fraction of sp³-hybridized carbons (Fsp3) is 0.429. The van der Waals surface area contributed by atoms with Crippen LogP contribution in [0.1, 0.15) is 18.9 Å². The normalized spacial score (nSPS) is 13.7. The molecule has 86 valence electrons. The minimum absolute atomic E-state index is 0.257. The number of rotatable bonds is 4. The number of hydrogen-bond donors (Lipinski definition) is 1. The molecule has 0 aliphatic rings. The van der Waals surface area contributed by atoms with Crippen LogP contribution in [0, 0.1) is 17.8 Å². The molecule has 0 amide bonds. The number of nitrogens with two attached hydrogens (primary N) is 1. The highest BCUT2D eigenvalue weighted by molar-refractivity contribution is 5.18. The van der Waals surface area contributed by atoms with E-state index < -0.39 is 6.67 Å². The number of alkyl halides is 1. The first kappa shape index (κ1) is 12.7. The minimum Gasteiger partial charge on any atom is -0.318 e. The summed E-state index contributed by atoms with van der Waals surface area (Å²) in [4.78, 5) is 0. The largest absolute Gasteiger partial charge is 0.318 e. The first-order valence-electron chi connectivity index (χ1n) is 5.59. The molecule has 0 spiro atoms. The van der Waals surface area contributed by atoms with Gasteiger partial charge in [0.05, 0.1) is 12.7 Å². The van der Waals surface area contributed by atoms with Crippen LogP contribution in [-0.4, -0.2) is 12.7 Å². The van der Waals surface area contributed by atoms with Gasteiger partial charge in [0.1, 0.15) is 0 Å². The van der Waals surface area contributed by atoms with Crippen molar-refractivity contribution in [3.8, 4) is 11.8 Å². The molecule has 0 bridgehead atoms. The summed E-state index contributed by atoms with van der Waals surface area (Å²) in [7, 11) is 0. The van der Waals surface area contributed by atoms with E-state index in [2.05, 4.69) is 30.9 Å². The Kier molecular flexibility index (Phi) is 5.60. The van der Waals surface area contributed by atoms with Gasteiger partial charge in [-0.1, -0.05) is 49.1 Å². The van der Waals surface area contributed by atoms with Crippen molar-refractivity contribution < 1.29 is 4.39 Å². The van der Waals surface area contributed by atoms with Crippen molar-refractivity contribution in [1.82, 2.24) is 0 Å². The van der Waals surface area contributed by atoms with Crippen molar-refractivity contribution in [3.63, 3.8) is 0 Å². The molecule has 0 fully saturated rings. The molecule has 1 aromatic carbocycles. The van der Waals surface area contributed by atoms with Crippen LogP contribution in [0.2, 0.25) is 0 Å². The van der Waals surface area contributed by atoms with Gasteiger partial charge >= 0.3 is 0 Å². The maximum atomic E-state index is 12.0. The number of benzene rings is 1. The van der Waals surface area contributed by atoms with E-state index in [1.165, 1.54) is 5.56 Å². The van der Waals surface area contributed by atoms with E-state index >= 15 is 0 Å². The highest BCUT2D eigenvalue weighted by Gasteiger charge is 2.00. The van der Waals surface area contributed by atoms with Crippen molar-refractivity contribution in [2.45, 2.75) is 25.8 Å². The van der Waals surface area contributed by atoms with Crippen molar-refractivity contribution in [2.24, 2.45) is 11.7 Å². The summed E-state index contributed by atoms with van der Waals surface area (Å²) in [5, 5.41) is 0. The van der Waals surface area contributed by atoms with E-state index in [1.807, 2.05) is 18.2 Å². The SMILES string of the molecule is C[C@@H](C#CC(N)CCF)Cc1ccccc1. The van der Waals surface area contributed by atoms with Crippen LogP contribution >= 0.6 is 0 Å². The van der Waals surface area contributed by atoms with Gasteiger partial charge in [-0.15, -0.1) is 0 Å². The molecule has 2 heteroatoms. The Balaban J connectivity index is 2.44. The van der Waals surface area contributed by atoms with E-state index in [0.717, 1.165) is 6.42 Å². The fourth-order valence-electron chi connectivity index (χ4n) is 1.46. The molecule has 1 aromatic rings. The summed E-state index contributed by atoms with van der Waals surface area (Å²) >= 11 is 0. The lowest BCUT2D eigenvalue weighted by Crippen LogP contribution is -2.18. The smallest absolute Gasteiger partial charge is 0.0918 e. The van der Waals surface area contributed by atoms with Gasteiger partial charge in [-0.05, 0) is 12.0 Å². The lowest BCUT2D eigenvalue weighted by molar-refractivity contribution is 0.461. The maximum absolute atomic E-state index is 12.0. The highest BCUT2D eigenvalue weighted by atomic mass is 19.1. The predicted molar refractivity (Wildman–Crippen MR) is 65.7 cm³/mol. The molecule has 0 radical (unpaired) electrons. The zero-order chi connectivity index (χ0) is 11.8. The van der Waals surface area contributed by atoms with Crippen LogP contribution in [0.5, 0.6) is 0 Å². The van der Waals surface area contributed by atoms with E-state index in [4.69, 9.17) is 5.73 Å². The molecular weight excluding hydrogens is 201 g/mol. The Morgan fingerprint density at radius 3 is 2.56 bits per heavy atom.